The van der Waals surface area contributed by atoms with Crippen LogP contribution in [0.5, 0.6) is 5.75 Å². The minimum absolute atomic E-state index is 0.0712. The SMILES string of the molecule is CCCc1nc2ccc(Br)cc2c(=O)n1N=Cc1cc(Br)ccc1OCc1ccccc1F. The van der Waals surface area contributed by atoms with Gasteiger partial charge >= 0.3 is 0 Å². The highest BCUT2D eigenvalue weighted by Crippen LogP contribution is 2.24. The van der Waals surface area contributed by atoms with Crippen molar-refractivity contribution in [2.75, 3.05) is 0 Å². The van der Waals surface area contributed by atoms with Crippen LogP contribution in [0.2, 0.25) is 0 Å². The summed E-state index contributed by atoms with van der Waals surface area (Å²) in [5, 5.41) is 4.95. The highest BCUT2D eigenvalue weighted by molar-refractivity contribution is 9.10. The zero-order chi connectivity index (χ0) is 23.4. The normalized spacial score (nSPS) is 11.4. The van der Waals surface area contributed by atoms with Crippen LogP contribution in [-0.2, 0) is 13.0 Å². The third-order valence-electron chi connectivity index (χ3n) is 4.97. The molecule has 0 fully saturated rings. The van der Waals surface area contributed by atoms with Crippen molar-refractivity contribution < 1.29 is 9.13 Å². The van der Waals surface area contributed by atoms with Crippen molar-refractivity contribution in [3.05, 3.63) is 103 Å². The van der Waals surface area contributed by atoms with Crippen LogP contribution in [0.4, 0.5) is 4.39 Å². The number of nitrogens with zero attached hydrogens (tertiary/aromatic N) is 3. The fourth-order valence-electron chi connectivity index (χ4n) is 3.34. The van der Waals surface area contributed by atoms with Crippen molar-refractivity contribution in [2.45, 2.75) is 26.4 Å². The Labute approximate surface area is 207 Å². The van der Waals surface area contributed by atoms with Crippen molar-refractivity contribution >= 4 is 49.0 Å². The van der Waals surface area contributed by atoms with Gasteiger partial charge in [-0.15, -0.1) is 0 Å². The Bertz CT molecular complexity index is 1400. The van der Waals surface area contributed by atoms with Crippen molar-refractivity contribution in [2.24, 2.45) is 5.10 Å². The number of aromatic nitrogens is 2. The van der Waals surface area contributed by atoms with Gasteiger partial charge in [-0.3, -0.25) is 4.79 Å². The molecule has 0 N–H and O–H groups in total. The van der Waals surface area contributed by atoms with Gasteiger partial charge in [-0.1, -0.05) is 57.0 Å². The van der Waals surface area contributed by atoms with E-state index in [1.165, 1.54) is 10.7 Å². The van der Waals surface area contributed by atoms with Crippen LogP contribution in [0, 0.1) is 5.82 Å². The smallest absolute Gasteiger partial charge is 0.282 e. The molecule has 5 nitrogen and oxygen atoms in total. The standard InChI is InChI=1S/C25H20Br2FN3O2/c1-2-5-24-30-22-10-8-19(27)13-20(22)25(32)31(24)29-14-17-12-18(26)9-11-23(17)33-15-16-6-3-4-7-21(16)28/h3-4,6-14H,2,5,15H2,1H3. The van der Waals surface area contributed by atoms with E-state index in [1.54, 1.807) is 36.5 Å². The van der Waals surface area contributed by atoms with Gasteiger partial charge in [0.05, 0.1) is 17.1 Å². The molecule has 0 saturated heterocycles. The molecule has 0 aliphatic heterocycles. The van der Waals surface area contributed by atoms with Crippen molar-refractivity contribution in [3.63, 3.8) is 0 Å². The summed E-state index contributed by atoms with van der Waals surface area (Å²) in [5.41, 5.74) is 1.48. The summed E-state index contributed by atoms with van der Waals surface area (Å²) in [6, 6.07) is 17.3. The van der Waals surface area contributed by atoms with E-state index in [2.05, 4.69) is 41.9 Å². The molecule has 4 rings (SSSR count). The number of ether oxygens (including phenoxy) is 1. The van der Waals surface area contributed by atoms with Gasteiger partial charge in [0.15, 0.2) is 0 Å². The Balaban J connectivity index is 1.72. The van der Waals surface area contributed by atoms with Crippen LogP contribution >= 0.6 is 31.9 Å². The van der Waals surface area contributed by atoms with Crippen molar-refractivity contribution in [3.8, 4) is 5.75 Å². The fourth-order valence-corrected chi connectivity index (χ4v) is 4.08. The van der Waals surface area contributed by atoms with E-state index in [9.17, 15) is 9.18 Å². The van der Waals surface area contributed by atoms with Crippen LogP contribution < -0.4 is 10.3 Å². The molecule has 0 aliphatic rings. The molecule has 1 aromatic heterocycles. The molecule has 0 spiro atoms. The Hall–Kier alpha value is -2.84. The lowest BCUT2D eigenvalue weighted by Gasteiger charge is -2.11. The first kappa shape index (κ1) is 23.3. The lowest BCUT2D eigenvalue weighted by Crippen LogP contribution is -2.22. The number of benzene rings is 3. The molecule has 0 atom stereocenters. The molecular formula is C25H20Br2FN3O2. The molecule has 168 valence electrons. The minimum atomic E-state index is -0.325. The van der Waals surface area contributed by atoms with Gasteiger partial charge in [-0.2, -0.15) is 9.78 Å². The largest absolute Gasteiger partial charge is 0.488 e. The third kappa shape index (κ3) is 5.39. The second-order valence-corrected chi connectivity index (χ2v) is 9.19. The van der Waals surface area contributed by atoms with Crippen molar-refractivity contribution in [1.82, 2.24) is 9.66 Å². The molecule has 0 saturated carbocycles. The van der Waals surface area contributed by atoms with Gasteiger partial charge < -0.3 is 4.74 Å². The lowest BCUT2D eigenvalue weighted by molar-refractivity contribution is 0.299. The summed E-state index contributed by atoms with van der Waals surface area (Å²) in [6.07, 6.45) is 2.99. The van der Waals surface area contributed by atoms with Crippen LogP contribution in [0.1, 0.15) is 30.3 Å². The molecule has 0 aliphatic carbocycles. The van der Waals surface area contributed by atoms with Gasteiger partial charge in [-0.05, 0) is 48.9 Å². The van der Waals surface area contributed by atoms with Crippen LogP contribution in [-0.4, -0.2) is 15.9 Å². The zero-order valence-electron chi connectivity index (χ0n) is 17.8. The van der Waals surface area contributed by atoms with E-state index >= 15 is 0 Å². The summed E-state index contributed by atoms with van der Waals surface area (Å²) in [6.45, 7) is 2.09. The molecule has 8 heteroatoms. The van der Waals surface area contributed by atoms with Gasteiger partial charge in [0.25, 0.3) is 5.56 Å². The van der Waals surface area contributed by atoms with E-state index in [4.69, 9.17) is 4.74 Å². The van der Waals surface area contributed by atoms with E-state index < -0.39 is 0 Å². The number of hydrogen-bond acceptors (Lipinski definition) is 4. The maximum absolute atomic E-state index is 14.0. The molecule has 4 aromatic rings. The quantitative estimate of drug-likeness (QED) is 0.238. The van der Waals surface area contributed by atoms with Gasteiger partial charge in [0.1, 0.15) is 24.0 Å². The Morgan fingerprint density at radius 2 is 1.85 bits per heavy atom. The summed E-state index contributed by atoms with van der Waals surface area (Å²) < 4.78 is 22.8. The summed E-state index contributed by atoms with van der Waals surface area (Å²) in [7, 11) is 0. The predicted molar refractivity (Wildman–Crippen MR) is 136 cm³/mol. The molecule has 0 unspecified atom stereocenters. The fraction of sp³-hybridized carbons (Fsp3) is 0.160. The maximum Gasteiger partial charge on any atom is 0.282 e. The second-order valence-electron chi connectivity index (χ2n) is 7.36. The average molecular weight is 573 g/mol. The van der Waals surface area contributed by atoms with Gasteiger partial charge in [0.2, 0.25) is 0 Å². The number of aryl methyl sites for hydroxylation is 1. The average Bonchev–Trinajstić information content (AvgIpc) is 2.80. The van der Waals surface area contributed by atoms with Crippen LogP contribution in [0.15, 0.2) is 79.5 Å². The third-order valence-corrected chi connectivity index (χ3v) is 5.96. The number of rotatable bonds is 7. The topological polar surface area (TPSA) is 56.5 Å². The van der Waals surface area contributed by atoms with E-state index in [0.29, 0.717) is 40.0 Å². The monoisotopic (exact) mass is 571 g/mol. The maximum atomic E-state index is 14.0. The Kier molecular flexibility index (Phi) is 7.35. The number of halogens is 3. The van der Waals surface area contributed by atoms with Crippen LogP contribution in [0.25, 0.3) is 10.9 Å². The van der Waals surface area contributed by atoms with E-state index in [-0.39, 0.29) is 18.0 Å². The Morgan fingerprint density at radius 3 is 2.64 bits per heavy atom. The molecule has 0 amide bonds. The van der Waals surface area contributed by atoms with E-state index in [1.807, 2.05) is 31.2 Å². The first-order chi connectivity index (χ1) is 16.0. The summed E-state index contributed by atoms with van der Waals surface area (Å²) in [4.78, 5) is 17.9. The predicted octanol–water partition coefficient (Wildman–Crippen LogP) is 6.47. The highest BCUT2D eigenvalue weighted by Gasteiger charge is 2.11. The number of fused-ring (bicyclic) bond motifs is 1. The van der Waals surface area contributed by atoms with Crippen LogP contribution in [0.3, 0.4) is 0 Å². The highest BCUT2D eigenvalue weighted by atomic mass is 79.9. The molecule has 1 heterocycles. The van der Waals surface area contributed by atoms with E-state index in [0.717, 1.165) is 15.4 Å². The van der Waals surface area contributed by atoms with Crippen molar-refractivity contribution in [1.29, 1.82) is 0 Å². The molecule has 33 heavy (non-hydrogen) atoms. The zero-order valence-corrected chi connectivity index (χ0v) is 20.9. The molecule has 0 bridgehead atoms. The lowest BCUT2D eigenvalue weighted by atomic mass is 10.2. The molecular weight excluding hydrogens is 553 g/mol. The summed E-state index contributed by atoms with van der Waals surface area (Å²) in [5.74, 6) is 0.776. The Morgan fingerprint density at radius 1 is 1.09 bits per heavy atom. The number of hydrogen-bond donors (Lipinski definition) is 0. The molecule has 3 aromatic carbocycles. The van der Waals surface area contributed by atoms with Gasteiger partial charge in [-0.25, -0.2) is 9.37 Å². The van der Waals surface area contributed by atoms with Gasteiger partial charge in [0, 0.05) is 26.5 Å². The minimum Gasteiger partial charge on any atom is -0.488 e. The summed E-state index contributed by atoms with van der Waals surface area (Å²) >= 11 is 6.87. The molecule has 0 radical (unpaired) electrons. The first-order valence-electron chi connectivity index (χ1n) is 10.4. The second kappa shape index (κ2) is 10.4. The first-order valence-corrected chi connectivity index (χ1v) is 12.0.